The van der Waals surface area contributed by atoms with Crippen LogP contribution < -0.4 is 16.0 Å². The first-order chi connectivity index (χ1) is 10.9. The molecule has 0 spiro atoms. The summed E-state index contributed by atoms with van der Waals surface area (Å²) in [7, 11) is 0. The van der Waals surface area contributed by atoms with Gasteiger partial charge in [0, 0.05) is 30.2 Å². The van der Waals surface area contributed by atoms with Crippen LogP contribution in [0.25, 0.3) is 0 Å². The van der Waals surface area contributed by atoms with Crippen molar-refractivity contribution < 1.29 is 9.59 Å². The Morgan fingerprint density at radius 2 is 2.04 bits per heavy atom. The number of amides is 2. The van der Waals surface area contributed by atoms with Gasteiger partial charge in [0.1, 0.15) is 0 Å². The highest BCUT2D eigenvalue weighted by Crippen LogP contribution is 2.39. The number of nitrogens with one attached hydrogen (secondary N) is 1. The summed E-state index contributed by atoms with van der Waals surface area (Å²) in [4.78, 5) is 26.5. The monoisotopic (exact) mass is 335 g/mol. The molecule has 0 aromatic heterocycles. The maximum Gasteiger partial charge on any atom is 0.227 e. The van der Waals surface area contributed by atoms with E-state index in [9.17, 15) is 9.59 Å². The Kier molecular flexibility index (Phi) is 4.34. The molecule has 3 N–H and O–H groups in total. The van der Waals surface area contributed by atoms with Crippen LogP contribution in [0.15, 0.2) is 24.3 Å². The van der Waals surface area contributed by atoms with E-state index in [1.54, 1.807) is 29.2 Å². The molecule has 1 aromatic rings. The third kappa shape index (κ3) is 3.35. The molecule has 23 heavy (non-hydrogen) atoms. The van der Waals surface area contributed by atoms with Gasteiger partial charge in [-0.15, -0.1) is 0 Å². The summed E-state index contributed by atoms with van der Waals surface area (Å²) in [6.45, 7) is 2.82. The fourth-order valence-electron chi connectivity index (χ4n) is 3.18. The quantitative estimate of drug-likeness (QED) is 0.863. The van der Waals surface area contributed by atoms with Gasteiger partial charge >= 0.3 is 0 Å². The SMILES string of the molecule is CC(CN)(NC(=O)C1CC(=O)N(c2ccc(Cl)cc2)C1)C1CC1. The third-order valence-corrected chi connectivity index (χ3v) is 5.20. The van der Waals surface area contributed by atoms with Crippen LogP contribution >= 0.6 is 11.6 Å². The van der Waals surface area contributed by atoms with Crippen molar-refractivity contribution in [2.24, 2.45) is 17.6 Å². The molecule has 1 saturated heterocycles. The van der Waals surface area contributed by atoms with Crippen LogP contribution in [0.3, 0.4) is 0 Å². The predicted molar refractivity (Wildman–Crippen MR) is 90.2 cm³/mol. The van der Waals surface area contributed by atoms with Gasteiger partial charge in [-0.1, -0.05) is 11.6 Å². The molecule has 1 aliphatic carbocycles. The van der Waals surface area contributed by atoms with Gasteiger partial charge < -0.3 is 16.0 Å². The highest BCUT2D eigenvalue weighted by Gasteiger charge is 2.44. The molecule has 2 unspecified atom stereocenters. The molecule has 124 valence electrons. The Hall–Kier alpha value is -1.59. The van der Waals surface area contributed by atoms with Gasteiger partial charge in [-0.25, -0.2) is 0 Å². The Labute approximate surface area is 141 Å². The minimum Gasteiger partial charge on any atom is -0.349 e. The second kappa shape index (κ2) is 6.13. The molecule has 1 aliphatic heterocycles. The molecule has 3 rings (SSSR count). The number of nitrogens with zero attached hydrogens (tertiary/aromatic N) is 1. The predicted octanol–water partition coefficient (Wildman–Crippen LogP) is 1.94. The zero-order chi connectivity index (χ0) is 16.6. The van der Waals surface area contributed by atoms with E-state index in [2.05, 4.69) is 5.32 Å². The highest BCUT2D eigenvalue weighted by atomic mass is 35.5. The van der Waals surface area contributed by atoms with E-state index >= 15 is 0 Å². The fourth-order valence-corrected chi connectivity index (χ4v) is 3.30. The fraction of sp³-hybridized carbons (Fsp3) is 0.529. The van der Waals surface area contributed by atoms with Crippen molar-refractivity contribution in [2.75, 3.05) is 18.0 Å². The van der Waals surface area contributed by atoms with Gasteiger partial charge in [0.05, 0.1) is 11.5 Å². The maximum absolute atomic E-state index is 12.6. The summed E-state index contributed by atoms with van der Waals surface area (Å²) in [5.41, 5.74) is 6.27. The summed E-state index contributed by atoms with van der Waals surface area (Å²) in [6.07, 6.45) is 2.45. The summed E-state index contributed by atoms with van der Waals surface area (Å²) in [6, 6.07) is 7.09. The van der Waals surface area contributed by atoms with Gasteiger partial charge in [0.15, 0.2) is 0 Å². The molecule has 5 nitrogen and oxygen atoms in total. The first-order valence-corrected chi connectivity index (χ1v) is 8.39. The van der Waals surface area contributed by atoms with Gasteiger partial charge in [-0.3, -0.25) is 9.59 Å². The van der Waals surface area contributed by atoms with Crippen molar-refractivity contribution in [3.63, 3.8) is 0 Å². The van der Waals surface area contributed by atoms with Crippen molar-refractivity contribution in [3.8, 4) is 0 Å². The van der Waals surface area contributed by atoms with Crippen molar-refractivity contribution >= 4 is 29.1 Å². The van der Waals surface area contributed by atoms with E-state index < -0.39 is 0 Å². The number of nitrogens with two attached hydrogens (primary N) is 1. The molecule has 1 heterocycles. The first-order valence-electron chi connectivity index (χ1n) is 8.01. The molecule has 2 aliphatic rings. The van der Waals surface area contributed by atoms with Crippen LogP contribution in [0.5, 0.6) is 0 Å². The molecule has 2 fully saturated rings. The largest absolute Gasteiger partial charge is 0.349 e. The molecular formula is C17H22ClN3O2. The number of hydrogen-bond acceptors (Lipinski definition) is 3. The van der Waals surface area contributed by atoms with Crippen LogP contribution in [0.1, 0.15) is 26.2 Å². The molecular weight excluding hydrogens is 314 g/mol. The summed E-state index contributed by atoms with van der Waals surface area (Å²) >= 11 is 5.88. The average molecular weight is 336 g/mol. The lowest BCUT2D eigenvalue weighted by atomic mass is 9.94. The van der Waals surface area contributed by atoms with Crippen molar-refractivity contribution in [2.45, 2.75) is 31.7 Å². The second-order valence-electron chi connectivity index (χ2n) is 6.77. The lowest BCUT2D eigenvalue weighted by molar-refractivity contribution is -0.128. The number of halogens is 1. The number of anilines is 1. The van der Waals surface area contributed by atoms with E-state index in [0.29, 0.717) is 24.0 Å². The number of hydrogen-bond donors (Lipinski definition) is 2. The smallest absolute Gasteiger partial charge is 0.227 e. The molecule has 1 aromatic carbocycles. The topological polar surface area (TPSA) is 75.4 Å². The van der Waals surface area contributed by atoms with Gasteiger partial charge in [-0.2, -0.15) is 0 Å². The van der Waals surface area contributed by atoms with Gasteiger partial charge in [0.25, 0.3) is 0 Å². The number of rotatable bonds is 5. The first kappa shape index (κ1) is 16.3. The van der Waals surface area contributed by atoms with E-state index in [-0.39, 0.29) is 29.7 Å². The zero-order valence-corrected chi connectivity index (χ0v) is 14.0. The zero-order valence-electron chi connectivity index (χ0n) is 13.2. The van der Waals surface area contributed by atoms with E-state index in [4.69, 9.17) is 17.3 Å². The number of carbonyl (C=O) groups is 2. The molecule has 0 bridgehead atoms. The Morgan fingerprint density at radius 3 is 2.61 bits per heavy atom. The van der Waals surface area contributed by atoms with Crippen LogP contribution in [-0.4, -0.2) is 30.4 Å². The summed E-state index contributed by atoms with van der Waals surface area (Å²) < 4.78 is 0. The summed E-state index contributed by atoms with van der Waals surface area (Å²) in [5, 5.41) is 3.71. The highest BCUT2D eigenvalue weighted by molar-refractivity contribution is 6.30. The second-order valence-corrected chi connectivity index (χ2v) is 7.20. The summed E-state index contributed by atoms with van der Waals surface area (Å²) in [5.74, 6) is 0.0201. The van der Waals surface area contributed by atoms with Crippen LogP contribution in [0, 0.1) is 11.8 Å². The van der Waals surface area contributed by atoms with Crippen LogP contribution in [0.4, 0.5) is 5.69 Å². The standard InChI is InChI=1S/C17H22ClN3O2/c1-17(10-19,12-2-3-12)20-16(23)11-8-15(22)21(9-11)14-6-4-13(18)5-7-14/h4-7,11-12H,2-3,8-10,19H2,1H3,(H,20,23). The van der Waals surface area contributed by atoms with Crippen molar-refractivity contribution in [3.05, 3.63) is 29.3 Å². The Bertz CT molecular complexity index is 615. The minimum absolute atomic E-state index is 0.0339. The van der Waals surface area contributed by atoms with Crippen LogP contribution in [0.2, 0.25) is 5.02 Å². The van der Waals surface area contributed by atoms with Crippen LogP contribution in [-0.2, 0) is 9.59 Å². The lowest BCUT2D eigenvalue weighted by Crippen LogP contribution is -2.54. The molecule has 2 amide bonds. The van der Waals surface area contributed by atoms with Gasteiger partial charge in [-0.05, 0) is 49.9 Å². The number of benzene rings is 1. The Morgan fingerprint density at radius 1 is 1.39 bits per heavy atom. The minimum atomic E-state index is -0.353. The normalized spacial score (nSPS) is 23.7. The molecule has 2 atom stereocenters. The molecule has 0 radical (unpaired) electrons. The number of carbonyl (C=O) groups excluding carboxylic acids is 2. The molecule has 1 saturated carbocycles. The van der Waals surface area contributed by atoms with Gasteiger partial charge in [0.2, 0.25) is 11.8 Å². The molecule has 6 heteroatoms. The lowest BCUT2D eigenvalue weighted by Gasteiger charge is -2.30. The van der Waals surface area contributed by atoms with Crippen molar-refractivity contribution in [1.29, 1.82) is 0 Å². The van der Waals surface area contributed by atoms with Crippen molar-refractivity contribution in [1.82, 2.24) is 5.32 Å². The Balaban J connectivity index is 1.67. The van der Waals surface area contributed by atoms with E-state index in [1.165, 1.54) is 0 Å². The average Bonchev–Trinajstić information content (AvgIpc) is 3.32. The maximum atomic E-state index is 12.6. The van der Waals surface area contributed by atoms with E-state index in [0.717, 1.165) is 18.5 Å². The third-order valence-electron chi connectivity index (χ3n) is 4.95. The van der Waals surface area contributed by atoms with E-state index in [1.807, 2.05) is 6.92 Å².